The molecule has 1 aliphatic heterocycles. The molecule has 0 radical (unpaired) electrons. The second-order valence-electron chi connectivity index (χ2n) is 6.20. The van der Waals surface area contributed by atoms with Crippen LogP contribution in [0.15, 0.2) is 53.5 Å². The summed E-state index contributed by atoms with van der Waals surface area (Å²) in [7, 11) is 3.45. The van der Waals surface area contributed by atoms with Gasteiger partial charge in [0.25, 0.3) is 0 Å². The molecule has 26 heavy (non-hydrogen) atoms. The largest absolute Gasteiger partial charge is 0.497 e. The zero-order valence-corrected chi connectivity index (χ0v) is 17.4. The van der Waals surface area contributed by atoms with Crippen LogP contribution in [0.25, 0.3) is 0 Å². The highest BCUT2D eigenvalue weighted by Gasteiger charge is 2.26. The molecule has 0 saturated carbocycles. The van der Waals surface area contributed by atoms with Gasteiger partial charge in [-0.05, 0) is 30.2 Å². The number of guanidine groups is 1. The van der Waals surface area contributed by atoms with Crippen LogP contribution in [-0.2, 0) is 6.54 Å². The molecule has 1 saturated heterocycles. The van der Waals surface area contributed by atoms with Crippen LogP contribution in [0.2, 0.25) is 0 Å². The molecular weight excluding hydrogens is 444 g/mol. The molecular formula is C20H25FIN3O. The number of likely N-dealkylation sites (tertiary alicyclic amines) is 1. The Hall–Kier alpha value is -1.83. The average Bonchev–Trinajstić information content (AvgIpc) is 3.14. The number of nitrogens with one attached hydrogen (secondary N) is 1. The van der Waals surface area contributed by atoms with E-state index in [9.17, 15) is 4.39 Å². The molecule has 1 heterocycles. The van der Waals surface area contributed by atoms with Gasteiger partial charge in [-0.1, -0.05) is 30.3 Å². The number of methoxy groups -OCH3 is 1. The zero-order valence-electron chi connectivity index (χ0n) is 15.1. The second kappa shape index (κ2) is 9.75. The van der Waals surface area contributed by atoms with E-state index >= 15 is 0 Å². The minimum atomic E-state index is -0.192. The van der Waals surface area contributed by atoms with Gasteiger partial charge in [0.1, 0.15) is 11.6 Å². The Balaban J connectivity index is 0.00000243. The minimum absolute atomic E-state index is 0. The van der Waals surface area contributed by atoms with Crippen LogP contribution >= 0.6 is 24.0 Å². The fourth-order valence-corrected chi connectivity index (χ4v) is 3.25. The monoisotopic (exact) mass is 469 g/mol. The normalized spacial score (nSPS) is 17.0. The van der Waals surface area contributed by atoms with Crippen molar-refractivity contribution in [2.45, 2.75) is 18.9 Å². The molecule has 1 atom stereocenters. The maximum absolute atomic E-state index is 13.8. The molecule has 0 bridgehead atoms. The lowest BCUT2D eigenvalue weighted by Gasteiger charge is -2.22. The van der Waals surface area contributed by atoms with E-state index in [1.807, 2.05) is 18.2 Å². The summed E-state index contributed by atoms with van der Waals surface area (Å²) in [6.07, 6.45) is 1.08. The average molecular weight is 469 g/mol. The van der Waals surface area contributed by atoms with Gasteiger partial charge in [0.05, 0.1) is 7.11 Å². The van der Waals surface area contributed by atoms with Crippen molar-refractivity contribution in [3.05, 3.63) is 65.5 Å². The fraction of sp³-hybridized carbons (Fsp3) is 0.350. The predicted octanol–water partition coefficient (Wildman–Crippen LogP) is 4.02. The van der Waals surface area contributed by atoms with Gasteiger partial charge < -0.3 is 15.0 Å². The first-order chi connectivity index (χ1) is 12.2. The molecule has 1 aliphatic rings. The van der Waals surface area contributed by atoms with E-state index in [0.717, 1.165) is 31.2 Å². The summed E-state index contributed by atoms with van der Waals surface area (Å²) in [5.74, 6) is 1.97. The molecule has 2 aromatic rings. The quantitative estimate of drug-likeness (QED) is 0.418. The van der Waals surface area contributed by atoms with Gasteiger partial charge in [0.2, 0.25) is 0 Å². The van der Waals surface area contributed by atoms with E-state index < -0.39 is 0 Å². The van der Waals surface area contributed by atoms with Gasteiger partial charge in [0.15, 0.2) is 5.96 Å². The second-order valence-corrected chi connectivity index (χ2v) is 6.20. The smallest absolute Gasteiger partial charge is 0.193 e. The number of ether oxygens (including phenoxy) is 1. The van der Waals surface area contributed by atoms with Gasteiger partial charge in [-0.3, -0.25) is 4.99 Å². The molecule has 0 aliphatic carbocycles. The van der Waals surface area contributed by atoms with Crippen molar-refractivity contribution in [3.63, 3.8) is 0 Å². The Bertz CT molecular complexity index is 736. The topological polar surface area (TPSA) is 36.9 Å². The van der Waals surface area contributed by atoms with Crippen molar-refractivity contribution in [1.82, 2.24) is 10.2 Å². The number of aliphatic imine (C=N–C) groups is 1. The number of hydrogen-bond acceptors (Lipinski definition) is 2. The molecule has 0 amide bonds. The summed E-state index contributed by atoms with van der Waals surface area (Å²) in [6, 6.07) is 15.1. The first-order valence-electron chi connectivity index (χ1n) is 8.54. The van der Waals surface area contributed by atoms with E-state index in [2.05, 4.69) is 27.3 Å². The fourth-order valence-electron chi connectivity index (χ4n) is 3.25. The van der Waals surface area contributed by atoms with Crippen LogP contribution in [0.3, 0.4) is 0 Å². The van der Waals surface area contributed by atoms with Gasteiger partial charge in [-0.15, -0.1) is 24.0 Å². The van der Waals surface area contributed by atoms with Crippen molar-refractivity contribution < 1.29 is 9.13 Å². The van der Waals surface area contributed by atoms with Crippen LogP contribution in [0, 0.1) is 5.82 Å². The molecule has 1 N–H and O–H groups in total. The Morgan fingerprint density at radius 3 is 2.62 bits per heavy atom. The van der Waals surface area contributed by atoms with E-state index in [4.69, 9.17) is 4.74 Å². The van der Waals surface area contributed by atoms with Crippen LogP contribution < -0.4 is 10.1 Å². The van der Waals surface area contributed by atoms with Crippen molar-refractivity contribution in [1.29, 1.82) is 0 Å². The van der Waals surface area contributed by atoms with Gasteiger partial charge in [-0.2, -0.15) is 0 Å². The van der Waals surface area contributed by atoms with Crippen LogP contribution in [0.1, 0.15) is 23.5 Å². The molecule has 4 nitrogen and oxygen atoms in total. The molecule has 1 unspecified atom stereocenters. The Morgan fingerprint density at radius 1 is 1.23 bits per heavy atom. The number of nitrogens with zero attached hydrogens (tertiary/aromatic N) is 2. The summed E-state index contributed by atoms with van der Waals surface area (Å²) >= 11 is 0. The van der Waals surface area contributed by atoms with Crippen LogP contribution in [0.5, 0.6) is 5.75 Å². The molecule has 2 aromatic carbocycles. The highest BCUT2D eigenvalue weighted by Crippen LogP contribution is 2.28. The van der Waals surface area contributed by atoms with Crippen molar-refractivity contribution in [3.8, 4) is 5.75 Å². The number of rotatable bonds is 4. The maximum atomic E-state index is 13.8. The molecule has 0 spiro atoms. The molecule has 0 aromatic heterocycles. The maximum Gasteiger partial charge on any atom is 0.193 e. The SMILES string of the molecule is CN=C(NCc1ccccc1F)N1CCC(c2ccc(OC)cc2)C1.I. The summed E-state index contributed by atoms with van der Waals surface area (Å²) in [5, 5.41) is 3.27. The standard InChI is InChI=1S/C20H24FN3O.HI/c1-22-20(23-13-16-5-3-4-6-19(16)21)24-12-11-17(14-24)15-7-9-18(25-2)10-8-15;/h3-10,17H,11-14H2,1-2H3,(H,22,23);1H. The van der Waals surface area contributed by atoms with Gasteiger partial charge in [-0.25, -0.2) is 4.39 Å². The molecule has 1 fully saturated rings. The van der Waals surface area contributed by atoms with Crippen LogP contribution in [-0.4, -0.2) is 38.1 Å². The lowest BCUT2D eigenvalue weighted by Crippen LogP contribution is -2.39. The summed E-state index contributed by atoms with van der Waals surface area (Å²) < 4.78 is 19.0. The third-order valence-corrected chi connectivity index (χ3v) is 4.68. The third-order valence-electron chi connectivity index (χ3n) is 4.68. The lowest BCUT2D eigenvalue weighted by atomic mass is 9.98. The summed E-state index contributed by atoms with van der Waals surface area (Å²) in [6.45, 7) is 2.28. The van der Waals surface area contributed by atoms with Crippen molar-refractivity contribution >= 4 is 29.9 Å². The highest BCUT2D eigenvalue weighted by molar-refractivity contribution is 14.0. The summed E-state index contributed by atoms with van der Waals surface area (Å²) in [4.78, 5) is 6.59. The molecule has 140 valence electrons. The number of benzene rings is 2. The van der Waals surface area contributed by atoms with E-state index in [1.165, 1.54) is 11.6 Å². The van der Waals surface area contributed by atoms with Gasteiger partial charge in [0, 0.05) is 38.2 Å². The first kappa shape index (κ1) is 20.5. The number of halogens is 2. The first-order valence-corrected chi connectivity index (χ1v) is 8.54. The lowest BCUT2D eigenvalue weighted by molar-refractivity contribution is 0.414. The third kappa shape index (κ3) is 4.87. The predicted molar refractivity (Wildman–Crippen MR) is 114 cm³/mol. The minimum Gasteiger partial charge on any atom is -0.497 e. The van der Waals surface area contributed by atoms with Crippen molar-refractivity contribution in [2.75, 3.05) is 27.2 Å². The highest BCUT2D eigenvalue weighted by atomic mass is 127. The van der Waals surface area contributed by atoms with E-state index in [1.54, 1.807) is 26.3 Å². The zero-order chi connectivity index (χ0) is 17.6. The van der Waals surface area contributed by atoms with Gasteiger partial charge >= 0.3 is 0 Å². The molecule has 3 rings (SSSR count). The van der Waals surface area contributed by atoms with E-state index in [0.29, 0.717) is 18.0 Å². The summed E-state index contributed by atoms with van der Waals surface area (Å²) in [5.41, 5.74) is 1.96. The molecule has 6 heteroatoms. The van der Waals surface area contributed by atoms with E-state index in [-0.39, 0.29) is 29.8 Å². The Morgan fingerprint density at radius 2 is 1.96 bits per heavy atom. The number of hydrogen-bond donors (Lipinski definition) is 1. The van der Waals surface area contributed by atoms with Crippen LogP contribution in [0.4, 0.5) is 4.39 Å². The van der Waals surface area contributed by atoms with Crippen molar-refractivity contribution in [2.24, 2.45) is 4.99 Å². The Kier molecular flexibility index (Phi) is 7.68. The Labute approximate surface area is 171 Å².